The summed E-state index contributed by atoms with van der Waals surface area (Å²) < 4.78 is 134. The fraction of sp³-hybridized carbons (Fsp3) is 0. The van der Waals surface area contributed by atoms with Crippen LogP contribution in [0.5, 0.6) is 11.5 Å². The number of phenols is 2. The van der Waals surface area contributed by atoms with E-state index in [1.54, 1.807) is 48.5 Å². The highest BCUT2D eigenvalue weighted by atomic mass is 32.2. The van der Waals surface area contributed by atoms with Crippen molar-refractivity contribution in [3.05, 3.63) is 84.9 Å². The lowest BCUT2D eigenvalue weighted by Gasteiger charge is -2.13. The maximum atomic E-state index is 11.9. The Kier molecular flexibility index (Phi) is 9.80. The van der Waals surface area contributed by atoms with Crippen LogP contribution in [0.1, 0.15) is 0 Å². The second-order valence-electron chi connectivity index (χ2n) is 11.7. The molecule has 56 heavy (non-hydrogen) atoms. The fourth-order valence-corrected chi connectivity index (χ4v) is 8.46. The molecule has 0 spiro atoms. The molecule has 0 unspecified atom stereocenters. The highest BCUT2D eigenvalue weighted by Crippen LogP contribution is 2.45. The van der Waals surface area contributed by atoms with Crippen molar-refractivity contribution in [1.29, 1.82) is 0 Å². The number of hydrogen-bond acceptors (Lipinski definition) is 16. The molecule has 0 radical (unpaired) electrons. The predicted molar refractivity (Wildman–Crippen MR) is 200 cm³/mol. The molecule has 0 atom stereocenters. The van der Waals surface area contributed by atoms with Crippen LogP contribution in [-0.2, 0) is 40.5 Å². The van der Waals surface area contributed by atoms with E-state index in [-0.39, 0.29) is 33.5 Å². The van der Waals surface area contributed by atoms with E-state index in [0.717, 1.165) is 24.3 Å². The molecule has 6 aromatic rings. The van der Waals surface area contributed by atoms with Crippen molar-refractivity contribution >= 4 is 96.1 Å². The van der Waals surface area contributed by atoms with Crippen LogP contribution < -0.4 is 11.5 Å². The van der Waals surface area contributed by atoms with E-state index in [4.69, 9.17) is 11.5 Å². The van der Waals surface area contributed by atoms with Gasteiger partial charge in [0.2, 0.25) is 0 Å². The molecule has 0 bridgehead atoms. The van der Waals surface area contributed by atoms with Crippen LogP contribution in [-0.4, -0.2) is 62.1 Å². The Labute approximate surface area is 316 Å². The van der Waals surface area contributed by atoms with Crippen LogP contribution in [0.15, 0.2) is 125 Å². The summed E-state index contributed by atoms with van der Waals surface area (Å²) in [7, 11) is -20.3. The van der Waals surface area contributed by atoms with Gasteiger partial charge in [-0.15, -0.1) is 10.2 Å². The van der Waals surface area contributed by atoms with Gasteiger partial charge in [0, 0.05) is 10.8 Å². The van der Waals surface area contributed by atoms with E-state index in [9.17, 15) is 62.1 Å². The third-order valence-corrected chi connectivity index (χ3v) is 11.7. The Morgan fingerprint density at radius 3 is 1.00 bits per heavy atom. The third-order valence-electron chi connectivity index (χ3n) is 8.16. The molecule has 0 aliphatic heterocycles. The van der Waals surface area contributed by atoms with E-state index < -0.39 is 93.7 Å². The summed E-state index contributed by atoms with van der Waals surface area (Å²) in [5.74, 6) is -1.57. The number of hydrogen-bond donors (Lipinski definition) is 8. The van der Waals surface area contributed by atoms with Gasteiger partial charge < -0.3 is 21.7 Å². The SMILES string of the molecule is Nc1c(S(=O)(=O)O)cc(S(=O)(=O)O)c2ccc(N=Nc3ccc(-c4ccc(N=Nc5ccc6c(S(=O)(=O)O)cc(S(=O)(=O)O)c(N)c6c5O)cc4)cc3)c(O)c12. The first-order valence-corrected chi connectivity index (χ1v) is 20.8. The minimum absolute atomic E-state index is 0.266. The zero-order valence-corrected chi connectivity index (χ0v) is 30.9. The molecule has 10 N–H and O–H groups in total. The molecule has 24 heteroatoms. The first-order chi connectivity index (χ1) is 26.0. The molecule has 0 heterocycles. The van der Waals surface area contributed by atoms with Gasteiger partial charge in [0.25, 0.3) is 40.5 Å². The molecule has 0 aliphatic rings. The Bertz CT molecular complexity index is 2940. The van der Waals surface area contributed by atoms with Gasteiger partial charge in [-0.05, 0) is 59.7 Å². The number of fused-ring (bicyclic) bond motifs is 2. The molecule has 6 rings (SSSR count). The number of rotatable bonds is 9. The zero-order chi connectivity index (χ0) is 41.1. The van der Waals surface area contributed by atoms with Gasteiger partial charge >= 0.3 is 0 Å². The number of azo groups is 2. The number of phenolic OH excluding ortho intramolecular Hbond substituents is 2. The van der Waals surface area contributed by atoms with Crippen LogP contribution in [0.25, 0.3) is 32.7 Å². The first-order valence-electron chi connectivity index (χ1n) is 15.1. The minimum Gasteiger partial charge on any atom is -0.505 e. The number of aromatic hydroxyl groups is 2. The lowest BCUT2D eigenvalue weighted by Crippen LogP contribution is -2.08. The molecule has 0 saturated heterocycles. The normalized spacial score (nSPS) is 13.0. The summed E-state index contributed by atoms with van der Waals surface area (Å²) >= 11 is 0. The number of nitrogens with zero attached hydrogens (tertiary/aromatic N) is 4. The van der Waals surface area contributed by atoms with Crippen LogP contribution in [0.2, 0.25) is 0 Å². The van der Waals surface area contributed by atoms with Crippen molar-refractivity contribution in [2.24, 2.45) is 20.5 Å². The Morgan fingerprint density at radius 2 is 0.714 bits per heavy atom. The van der Waals surface area contributed by atoms with E-state index >= 15 is 0 Å². The maximum absolute atomic E-state index is 11.9. The maximum Gasteiger partial charge on any atom is 0.296 e. The predicted octanol–water partition coefficient (Wildman–Crippen LogP) is 6.05. The Hall–Kier alpha value is -6.12. The molecular weight excluding hydrogens is 821 g/mol. The van der Waals surface area contributed by atoms with Crippen LogP contribution in [0.4, 0.5) is 34.1 Å². The topological polar surface area (TPSA) is 359 Å². The molecule has 0 aliphatic carbocycles. The van der Waals surface area contributed by atoms with Gasteiger partial charge in [0.15, 0.2) is 11.5 Å². The lowest BCUT2D eigenvalue weighted by atomic mass is 10.1. The fourth-order valence-electron chi connectivity index (χ4n) is 5.59. The van der Waals surface area contributed by atoms with Crippen LogP contribution >= 0.6 is 0 Å². The third kappa shape index (κ3) is 7.57. The Balaban J connectivity index is 1.25. The first kappa shape index (κ1) is 39.6. The van der Waals surface area contributed by atoms with Gasteiger partial charge in [0.1, 0.15) is 31.0 Å². The summed E-state index contributed by atoms with van der Waals surface area (Å²) in [6, 6.07) is 18.3. The van der Waals surface area contributed by atoms with E-state index in [2.05, 4.69) is 20.5 Å². The average Bonchev–Trinajstić information content (AvgIpc) is 3.09. The Morgan fingerprint density at radius 1 is 0.411 bits per heavy atom. The van der Waals surface area contributed by atoms with Gasteiger partial charge in [-0.2, -0.15) is 43.9 Å². The zero-order valence-electron chi connectivity index (χ0n) is 27.6. The second kappa shape index (κ2) is 13.9. The van der Waals surface area contributed by atoms with Gasteiger partial charge in [0.05, 0.1) is 33.5 Å². The summed E-state index contributed by atoms with van der Waals surface area (Å²) in [4.78, 5) is -4.01. The second-order valence-corrected chi connectivity index (χ2v) is 17.2. The largest absolute Gasteiger partial charge is 0.505 e. The summed E-state index contributed by atoms with van der Waals surface area (Å²) in [5.41, 5.74) is 11.7. The number of benzene rings is 6. The number of nitrogens with two attached hydrogens (primary N) is 2. The molecule has 290 valence electrons. The van der Waals surface area contributed by atoms with Crippen molar-refractivity contribution in [2.45, 2.75) is 19.6 Å². The van der Waals surface area contributed by atoms with Crippen molar-refractivity contribution in [1.82, 2.24) is 0 Å². The molecular formula is C32H24N6O14S4. The molecule has 0 amide bonds. The smallest absolute Gasteiger partial charge is 0.296 e. The lowest BCUT2D eigenvalue weighted by molar-refractivity contribution is 0.476. The van der Waals surface area contributed by atoms with Gasteiger partial charge in [-0.25, -0.2) is 0 Å². The van der Waals surface area contributed by atoms with Crippen molar-refractivity contribution in [2.75, 3.05) is 11.5 Å². The number of anilines is 2. The monoisotopic (exact) mass is 844 g/mol. The van der Waals surface area contributed by atoms with Gasteiger partial charge in [-0.3, -0.25) is 18.2 Å². The average molecular weight is 845 g/mol. The van der Waals surface area contributed by atoms with Crippen molar-refractivity contribution in [3.63, 3.8) is 0 Å². The molecule has 0 saturated carbocycles. The summed E-state index contributed by atoms with van der Waals surface area (Å²) in [6.45, 7) is 0. The van der Waals surface area contributed by atoms with Crippen LogP contribution in [0, 0.1) is 0 Å². The number of nitrogen functional groups attached to an aromatic ring is 2. The quantitative estimate of drug-likeness (QED) is 0.0466. The van der Waals surface area contributed by atoms with Gasteiger partial charge in [-0.1, -0.05) is 36.4 Å². The molecule has 20 nitrogen and oxygen atoms in total. The van der Waals surface area contributed by atoms with Crippen molar-refractivity contribution < 1.29 is 62.1 Å². The minimum atomic E-state index is -5.09. The standard InChI is InChI=1S/C32H24N6O14S4/c33-29-25(55(47,48)49)13-23(53(41,42)43)19-9-11-21(31(39)27(19)29)37-35-17-5-1-15(2-6-17)16-3-7-18(8-4-16)36-38-22-12-10-20-24(54(44,45)46)14-26(56(50,51)52)30(34)28(20)32(22)40/h1-14,39-40H,33-34H2,(H,41,42,43)(H,44,45,46)(H,47,48,49)(H,50,51,52). The van der Waals surface area contributed by atoms with Crippen molar-refractivity contribution in [3.8, 4) is 22.6 Å². The molecule has 6 aromatic carbocycles. The summed E-state index contributed by atoms with van der Waals surface area (Å²) in [6.07, 6.45) is 0. The van der Waals surface area contributed by atoms with Crippen LogP contribution in [0.3, 0.4) is 0 Å². The highest BCUT2D eigenvalue weighted by Gasteiger charge is 2.28. The molecule has 0 aromatic heterocycles. The van der Waals surface area contributed by atoms with E-state index in [1.165, 1.54) is 0 Å². The van der Waals surface area contributed by atoms with E-state index in [1.807, 2.05) is 0 Å². The molecule has 0 fully saturated rings. The highest BCUT2D eigenvalue weighted by molar-refractivity contribution is 7.87. The van der Waals surface area contributed by atoms with E-state index in [0.29, 0.717) is 23.3 Å². The summed E-state index contributed by atoms with van der Waals surface area (Å²) in [5, 5.41) is 35.9.